The predicted octanol–water partition coefficient (Wildman–Crippen LogP) is 2.59. The SMILES string of the molecule is CN(c1ccc(-c2csc(NC(=O)/C=C/c3cnn(C)c3)n2)cc1)S(C)(=O)=O. The number of sulfonamides is 1. The third-order valence-electron chi connectivity index (χ3n) is 3.91. The molecule has 3 aromatic rings. The second kappa shape index (κ2) is 7.95. The molecule has 0 unspecified atom stereocenters. The number of aryl methyl sites for hydroxylation is 1. The molecule has 0 saturated carbocycles. The number of rotatable bonds is 6. The Kier molecular flexibility index (Phi) is 5.61. The van der Waals surface area contributed by atoms with Crippen molar-refractivity contribution in [2.45, 2.75) is 0 Å². The van der Waals surface area contributed by atoms with Gasteiger partial charge in [-0.25, -0.2) is 13.4 Å². The molecule has 1 aromatic carbocycles. The van der Waals surface area contributed by atoms with E-state index < -0.39 is 10.0 Å². The van der Waals surface area contributed by atoms with Crippen LogP contribution in [0.3, 0.4) is 0 Å². The highest BCUT2D eigenvalue weighted by Gasteiger charge is 2.12. The maximum atomic E-state index is 12.0. The van der Waals surface area contributed by atoms with Crippen LogP contribution in [0.2, 0.25) is 0 Å². The van der Waals surface area contributed by atoms with E-state index in [-0.39, 0.29) is 5.91 Å². The van der Waals surface area contributed by atoms with E-state index in [0.29, 0.717) is 16.5 Å². The molecular weight excluding hydrogens is 398 g/mol. The highest BCUT2D eigenvalue weighted by molar-refractivity contribution is 7.92. The Morgan fingerprint density at radius 2 is 2.00 bits per heavy atom. The summed E-state index contributed by atoms with van der Waals surface area (Å²) in [5.41, 5.74) is 2.92. The van der Waals surface area contributed by atoms with Gasteiger partial charge < -0.3 is 0 Å². The third kappa shape index (κ3) is 4.84. The molecule has 0 radical (unpaired) electrons. The molecule has 8 nitrogen and oxygen atoms in total. The van der Waals surface area contributed by atoms with Crippen LogP contribution >= 0.6 is 11.3 Å². The summed E-state index contributed by atoms with van der Waals surface area (Å²) in [5, 5.41) is 9.07. The molecule has 0 spiro atoms. The van der Waals surface area contributed by atoms with E-state index in [9.17, 15) is 13.2 Å². The fourth-order valence-corrected chi connectivity index (χ4v) is 3.57. The summed E-state index contributed by atoms with van der Waals surface area (Å²) >= 11 is 1.31. The molecule has 1 amide bonds. The van der Waals surface area contributed by atoms with Crippen LogP contribution in [0, 0.1) is 0 Å². The van der Waals surface area contributed by atoms with E-state index in [1.54, 1.807) is 54.5 Å². The Morgan fingerprint density at radius 3 is 2.61 bits per heavy atom. The first-order chi connectivity index (χ1) is 13.2. The fraction of sp³-hybridized carbons (Fsp3) is 0.167. The van der Waals surface area contributed by atoms with Crippen molar-refractivity contribution in [3.05, 3.63) is 53.7 Å². The van der Waals surface area contributed by atoms with Gasteiger partial charge in [-0.05, 0) is 18.2 Å². The van der Waals surface area contributed by atoms with Crippen LogP contribution in [0.25, 0.3) is 17.3 Å². The lowest BCUT2D eigenvalue weighted by atomic mass is 10.1. The number of hydrogen-bond donors (Lipinski definition) is 1. The maximum Gasteiger partial charge on any atom is 0.250 e. The van der Waals surface area contributed by atoms with Crippen LogP contribution in [0.15, 0.2) is 48.1 Å². The zero-order valence-corrected chi connectivity index (χ0v) is 17.2. The van der Waals surface area contributed by atoms with Crippen molar-refractivity contribution in [2.24, 2.45) is 7.05 Å². The van der Waals surface area contributed by atoms with Gasteiger partial charge in [0.25, 0.3) is 0 Å². The van der Waals surface area contributed by atoms with Gasteiger partial charge in [0.2, 0.25) is 15.9 Å². The Bertz CT molecular complexity index is 1110. The lowest BCUT2D eigenvalue weighted by molar-refractivity contribution is -0.111. The van der Waals surface area contributed by atoms with Gasteiger partial charge in [-0.1, -0.05) is 12.1 Å². The summed E-state index contributed by atoms with van der Waals surface area (Å²) in [7, 11) is -0.000784. The minimum atomic E-state index is -3.31. The second-order valence-corrected chi connectivity index (χ2v) is 8.96. The largest absolute Gasteiger partial charge is 0.298 e. The van der Waals surface area contributed by atoms with E-state index in [2.05, 4.69) is 15.4 Å². The molecule has 10 heteroatoms. The van der Waals surface area contributed by atoms with E-state index in [0.717, 1.165) is 17.4 Å². The maximum absolute atomic E-state index is 12.0. The van der Waals surface area contributed by atoms with Crippen LogP contribution in [-0.2, 0) is 21.9 Å². The summed E-state index contributed by atoms with van der Waals surface area (Å²) in [6.45, 7) is 0. The lowest BCUT2D eigenvalue weighted by Gasteiger charge is -2.16. The summed E-state index contributed by atoms with van der Waals surface area (Å²) in [4.78, 5) is 16.4. The number of nitrogens with zero attached hydrogens (tertiary/aromatic N) is 4. The molecule has 2 heterocycles. The first kappa shape index (κ1) is 19.8. The van der Waals surface area contributed by atoms with Gasteiger partial charge >= 0.3 is 0 Å². The molecule has 1 N–H and O–H groups in total. The number of thiazole rings is 1. The number of nitrogens with one attached hydrogen (secondary N) is 1. The minimum absolute atomic E-state index is 0.283. The monoisotopic (exact) mass is 417 g/mol. The average Bonchev–Trinajstić information content (AvgIpc) is 3.28. The molecule has 2 aromatic heterocycles. The van der Waals surface area contributed by atoms with Crippen LogP contribution < -0.4 is 9.62 Å². The quantitative estimate of drug-likeness (QED) is 0.622. The highest BCUT2D eigenvalue weighted by Crippen LogP contribution is 2.27. The lowest BCUT2D eigenvalue weighted by Crippen LogP contribution is -2.24. The molecule has 3 rings (SSSR count). The van der Waals surface area contributed by atoms with Crippen molar-refractivity contribution in [3.63, 3.8) is 0 Å². The minimum Gasteiger partial charge on any atom is -0.298 e. The smallest absolute Gasteiger partial charge is 0.250 e. The number of carbonyl (C=O) groups is 1. The zero-order valence-electron chi connectivity index (χ0n) is 15.5. The Balaban J connectivity index is 1.66. The van der Waals surface area contributed by atoms with Gasteiger partial charge in [0, 0.05) is 42.9 Å². The van der Waals surface area contributed by atoms with Crippen molar-refractivity contribution in [2.75, 3.05) is 22.9 Å². The predicted molar refractivity (Wildman–Crippen MR) is 112 cm³/mol. The first-order valence-electron chi connectivity index (χ1n) is 8.20. The van der Waals surface area contributed by atoms with E-state index in [1.165, 1.54) is 28.8 Å². The third-order valence-corrected chi connectivity index (χ3v) is 5.87. The van der Waals surface area contributed by atoms with E-state index in [1.807, 2.05) is 5.38 Å². The van der Waals surface area contributed by atoms with Crippen LogP contribution in [-0.4, -0.2) is 42.4 Å². The van der Waals surface area contributed by atoms with Gasteiger partial charge in [0.1, 0.15) is 0 Å². The Labute approximate surface area is 167 Å². The van der Waals surface area contributed by atoms with Crippen molar-refractivity contribution < 1.29 is 13.2 Å². The summed E-state index contributed by atoms with van der Waals surface area (Å²) in [6.07, 6.45) is 7.72. The van der Waals surface area contributed by atoms with Gasteiger partial charge in [-0.3, -0.25) is 19.1 Å². The Hall–Kier alpha value is -2.98. The number of amides is 1. The molecule has 28 heavy (non-hydrogen) atoms. The molecule has 0 aliphatic heterocycles. The van der Waals surface area contributed by atoms with E-state index >= 15 is 0 Å². The number of aromatic nitrogens is 3. The van der Waals surface area contributed by atoms with Gasteiger partial charge in [0.05, 0.1) is 23.8 Å². The van der Waals surface area contributed by atoms with Gasteiger partial charge in [-0.2, -0.15) is 5.10 Å². The van der Waals surface area contributed by atoms with Gasteiger partial charge in [0.15, 0.2) is 5.13 Å². The van der Waals surface area contributed by atoms with Gasteiger partial charge in [-0.15, -0.1) is 11.3 Å². The summed E-state index contributed by atoms with van der Waals surface area (Å²) in [5.74, 6) is -0.283. The van der Waals surface area contributed by atoms with Crippen molar-refractivity contribution in [1.82, 2.24) is 14.8 Å². The molecule has 0 fully saturated rings. The van der Waals surface area contributed by atoms with E-state index in [4.69, 9.17) is 0 Å². The fourth-order valence-electron chi connectivity index (χ4n) is 2.34. The normalized spacial score (nSPS) is 11.7. The molecule has 0 bridgehead atoms. The number of benzene rings is 1. The molecular formula is C18H19N5O3S2. The second-order valence-electron chi connectivity index (χ2n) is 6.09. The van der Waals surface area contributed by atoms with Crippen LogP contribution in [0.5, 0.6) is 0 Å². The molecule has 0 saturated heterocycles. The molecule has 0 atom stereocenters. The molecule has 0 aliphatic carbocycles. The first-order valence-corrected chi connectivity index (χ1v) is 10.9. The summed E-state index contributed by atoms with van der Waals surface area (Å²) < 4.78 is 26.1. The number of hydrogen-bond acceptors (Lipinski definition) is 6. The average molecular weight is 418 g/mol. The molecule has 146 valence electrons. The topological polar surface area (TPSA) is 97.2 Å². The summed E-state index contributed by atoms with van der Waals surface area (Å²) in [6, 6.07) is 7.01. The van der Waals surface area contributed by atoms with Crippen molar-refractivity contribution in [1.29, 1.82) is 0 Å². The van der Waals surface area contributed by atoms with Crippen LogP contribution in [0.1, 0.15) is 5.56 Å². The van der Waals surface area contributed by atoms with Crippen molar-refractivity contribution in [3.8, 4) is 11.3 Å². The highest BCUT2D eigenvalue weighted by atomic mass is 32.2. The number of anilines is 2. The van der Waals surface area contributed by atoms with Crippen LogP contribution in [0.4, 0.5) is 10.8 Å². The zero-order chi connectivity index (χ0) is 20.3. The number of carbonyl (C=O) groups excluding carboxylic acids is 1. The Morgan fingerprint density at radius 1 is 1.29 bits per heavy atom. The molecule has 0 aliphatic rings. The standard InChI is InChI=1S/C18H19N5O3S2/c1-22-11-13(10-19-22)4-9-17(24)21-18-20-16(12-27-18)14-5-7-15(8-6-14)23(2)28(3,25)26/h4-12H,1-3H3,(H,20,21,24)/b9-4+. The van der Waals surface area contributed by atoms with Crippen molar-refractivity contribution >= 4 is 44.2 Å².